The minimum atomic E-state index is -0.374. The average molecular weight is 303 g/mol. The Morgan fingerprint density at radius 2 is 2.05 bits per heavy atom. The van der Waals surface area contributed by atoms with Crippen LogP contribution in [-0.2, 0) is 4.74 Å². The van der Waals surface area contributed by atoms with Gasteiger partial charge in [-0.2, -0.15) is 0 Å². The number of hydrogen-bond acceptors (Lipinski definition) is 5. The maximum absolute atomic E-state index is 11.7. The number of esters is 1. The molecule has 102 valence electrons. The van der Waals surface area contributed by atoms with Gasteiger partial charge in [0, 0.05) is 25.9 Å². The summed E-state index contributed by atoms with van der Waals surface area (Å²) >= 11 is 3.09. The Labute approximate surface area is 124 Å². The fourth-order valence-corrected chi connectivity index (χ4v) is 4.38. The van der Waals surface area contributed by atoms with Gasteiger partial charge in [-0.25, -0.2) is 4.79 Å². The molecule has 0 atom stereocenters. The van der Waals surface area contributed by atoms with Gasteiger partial charge in [0.2, 0.25) is 0 Å². The summed E-state index contributed by atoms with van der Waals surface area (Å²) in [5, 5.41) is 3.31. The number of nitrogens with two attached hydrogens (primary N) is 1. The highest BCUT2D eigenvalue weighted by Crippen LogP contribution is 2.43. The minimum Gasteiger partial charge on any atom is -0.465 e. The molecule has 0 aliphatic rings. The van der Waals surface area contributed by atoms with Gasteiger partial charge >= 0.3 is 5.97 Å². The molecule has 5 heteroatoms. The third-order valence-corrected chi connectivity index (χ3v) is 5.57. The fraction of sp³-hybridized carbons (Fsp3) is 0.133. The first-order valence-corrected chi connectivity index (χ1v) is 7.77. The molecule has 0 saturated heterocycles. The Morgan fingerprint density at radius 1 is 1.30 bits per heavy atom. The molecule has 0 spiro atoms. The van der Waals surface area contributed by atoms with Gasteiger partial charge in [-0.1, -0.05) is 18.2 Å². The summed E-state index contributed by atoms with van der Waals surface area (Å²) in [6.07, 6.45) is 0. The Bertz CT molecular complexity index is 801. The van der Waals surface area contributed by atoms with Crippen LogP contribution >= 0.6 is 22.7 Å². The molecule has 0 fully saturated rings. The number of ether oxygens (including phenoxy) is 1. The van der Waals surface area contributed by atoms with Gasteiger partial charge in [-0.3, -0.25) is 0 Å². The number of hydrogen-bond donors (Lipinski definition) is 1. The summed E-state index contributed by atoms with van der Waals surface area (Å²) in [6, 6.07) is 8.23. The minimum absolute atomic E-state index is 0.374. The van der Waals surface area contributed by atoms with Gasteiger partial charge in [-0.05, 0) is 18.6 Å². The Balaban J connectivity index is 2.22. The second kappa shape index (κ2) is 4.92. The van der Waals surface area contributed by atoms with Crippen LogP contribution in [0.5, 0.6) is 0 Å². The lowest BCUT2D eigenvalue weighted by Crippen LogP contribution is -2.01. The highest BCUT2D eigenvalue weighted by Gasteiger charge is 2.21. The van der Waals surface area contributed by atoms with Crippen molar-refractivity contribution in [3.63, 3.8) is 0 Å². The molecule has 0 radical (unpaired) electrons. The van der Waals surface area contributed by atoms with Crippen molar-refractivity contribution in [2.45, 2.75) is 6.92 Å². The summed E-state index contributed by atoms with van der Waals surface area (Å²) in [7, 11) is 1.37. The molecule has 0 saturated carbocycles. The number of rotatable bonds is 2. The number of anilines is 1. The highest BCUT2D eigenvalue weighted by atomic mass is 32.1. The van der Waals surface area contributed by atoms with E-state index in [0.29, 0.717) is 10.6 Å². The summed E-state index contributed by atoms with van der Waals surface area (Å²) in [5.74, 6) is -0.374. The van der Waals surface area contributed by atoms with E-state index in [1.54, 1.807) is 11.3 Å². The number of fused-ring (bicyclic) bond motifs is 1. The second-order valence-electron chi connectivity index (χ2n) is 4.44. The van der Waals surface area contributed by atoms with Gasteiger partial charge < -0.3 is 10.5 Å². The van der Waals surface area contributed by atoms with Crippen LogP contribution in [0.25, 0.3) is 20.5 Å². The molecule has 3 aromatic rings. The monoisotopic (exact) mass is 303 g/mol. The molecule has 0 aliphatic heterocycles. The van der Waals surface area contributed by atoms with E-state index in [1.807, 2.05) is 19.1 Å². The Morgan fingerprint density at radius 3 is 2.80 bits per heavy atom. The largest absolute Gasteiger partial charge is 0.465 e. The van der Waals surface area contributed by atoms with Crippen molar-refractivity contribution in [2.75, 3.05) is 12.8 Å². The van der Waals surface area contributed by atoms with E-state index in [9.17, 15) is 4.79 Å². The van der Waals surface area contributed by atoms with E-state index >= 15 is 0 Å². The van der Waals surface area contributed by atoms with Crippen LogP contribution in [-0.4, -0.2) is 13.1 Å². The number of nitrogen functional groups attached to an aromatic ring is 1. The number of carbonyl (C=O) groups excluding carboxylic acids is 1. The quantitative estimate of drug-likeness (QED) is 0.718. The first-order valence-electron chi connectivity index (χ1n) is 6.07. The first kappa shape index (κ1) is 13.1. The first-order chi connectivity index (χ1) is 9.63. The molecule has 2 N–H and O–H groups in total. The van der Waals surface area contributed by atoms with Crippen LogP contribution in [0.1, 0.15) is 15.2 Å². The van der Waals surface area contributed by atoms with Gasteiger partial charge in [0.15, 0.2) is 0 Å². The van der Waals surface area contributed by atoms with Gasteiger partial charge in [0.25, 0.3) is 0 Å². The summed E-state index contributed by atoms with van der Waals surface area (Å²) in [5.41, 5.74) is 8.64. The maximum atomic E-state index is 11.7. The molecule has 2 aromatic heterocycles. The van der Waals surface area contributed by atoms with Crippen LogP contribution in [0.3, 0.4) is 0 Å². The zero-order chi connectivity index (χ0) is 14.3. The van der Waals surface area contributed by atoms with Crippen LogP contribution < -0.4 is 5.73 Å². The van der Waals surface area contributed by atoms with Crippen molar-refractivity contribution in [2.24, 2.45) is 0 Å². The highest BCUT2D eigenvalue weighted by molar-refractivity contribution is 7.20. The van der Waals surface area contributed by atoms with Crippen molar-refractivity contribution < 1.29 is 9.53 Å². The van der Waals surface area contributed by atoms with Crippen LogP contribution in [0.4, 0.5) is 5.69 Å². The lowest BCUT2D eigenvalue weighted by molar-refractivity contribution is 0.0607. The van der Waals surface area contributed by atoms with Crippen molar-refractivity contribution in [1.82, 2.24) is 0 Å². The van der Waals surface area contributed by atoms with E-state index in [4.69, 9.17) is 10.5 Å². The summed E-state index contributed by atoms with van der Waals surface area (Å²) < 4.78 is 6.01. The zero-order valence-corrected chi connectivity index (χ0v) is 12.7. The van der Waals surface area contributed by atoms with Gasteiger partial charge in [0.05, 0.1) is 12.8 Å². The molecule has 0 aliphatic carbocycles. The summed E-state index contributed by atoms with van der Waals surface area (Å²) in [4.78, 5) is 13.3. The Kier molecular flexibility index (Phi) is 3.23. The van der Waals surface area contributed by atoms with E-state index in [1.165, 1.54) is 28.5 Å². The normalized spacial score (nSPS) is 10.9. The van der Waals surface area contributed by atoms with Gasteiger partial charge in [0.1, 0.15) is 4.88 Å². The fourth-order valence-electron chi connectivity index (χ4n) is 2.18. The van der Waals surface area contributed by atoms with Crippen LogP contribution in [0.15, 0.2) is 29.6 Å². The molecule has 3 rings (SSSR count). The number of carbonyl (C=O) groups is 1. The molecular weight excluding hydrogens is 290 g/mol. The van der Waals surface area contributed by atoms with E-state index in [-0.39, 0.29) is 5.97 Å². The standard InChI is InChI=1S/C15H13NO2S2/c1-8-12(16)14(15(17)18-2)20-13(8)10-7-19-11-6-4-3-5-9(10)11/h3-7H,16H2,1-2H3. The molecule has 0 amide bonds. The number of benzene rings is 1. The molecule has 0 unspecified atom stereocenters. The molecule has 2 heterocycles. The maximum Gasteiger partial charge on any atom is 0.350 e. The zero-order valence-electron chi connectivity index (χ0n) is 11.1. The average Bonchev–Trinajstić information content (AvgIpc) is 3.01. The molecule has 1 aromatic carbocycles. The third-order valence-electron chi connectivity index (χ3n) is 3.29. The van der Waals surface area contributed by atoms with E-state index in [2.05, 4.69) is 17.5 Å². The van der Waals surface area contributed by atoms with Crippen LogP contribution in [0, 0.1) is 6.92 Å². The predicted octanol–water partition coefficient (Wildman–Crippen LogP) is 4.31. The summed E-state index contributed by atoms with van der Waals surface area (Å²) in [6.45, 7) is 1.94. The predicted molar refractivity (Wildman–Crippen MR) is 85.6 cm³/mol. The second-order valence-corrected chi connectivity index (χ2v) is 6.37. The topological polar surface area (TPSA) is 52.3 Å². The lowest BCUT2D eigenvalue weighted by atomic mass is 10.1. The van der Waals surface area contributed by atoms with Crippen molar-refractivity contribution >= 4 is 44.4 Å². The van der Waals surface area contributed by atoms with E-state index < -0.39 is 0 Å². The molecular formula is C15H13NO2S2. The van der Waals surface area contributed by atoms with Crippen LogP contribution in [0.2, 0.25) is 0 Å². The van der Waals surface area contributed by atoms with Gasteiger partial charge in [-0.15, -0.1) is 22.7 Å². The number of thiophene rings is 2. The van der Waals surface area contributed by atoms with Crippen molar-refractivity contribution in [3.8, 4) is 10.4 Å². The SMILES string of the molecule is COC(=O)c1sc(-c2csc3ccccc23)c(C)c1N. The number of methoxy groups -OCH3 is 1. The molecule has 0 bridgehead atoms. The van der Waals surface area contributed by atoms with E-state index in [0.717, 1.165) is 16.0 Å². The molecule has 20 heavy (non-hydrogen) atoms. The Hall–Kier alpha value is -1.85. The van der Waals surface area contributed by atoms with Crippen molar-refractivity contribution in [1.29, 1.82) is 0 Å². The molecule has 3 nitrogen and oxygen atoms in total. The van der Waals surface area contributed by atoms with Crippen molar-refractivity contribution in [3.05, 3.63) is 40.1 Å². The lowest BCUT2D eigenvalue weighted by Gasteiger charge is -1.98. The smallest absolute Gasteiger partial charge is 0.350 e. The third kappa shape index (κ3) is 1.90.